The molecule has 1 aliphatic rings. The first-order chi connectivity index (χ1) is 26.9. The van der Waals surface area contributed by atoms with Gasteiger partial charge in [-0.25, -0.2) is 13.8 Å². The van der Waals surface area contributed by atoms with E-state index in [2.05, 4.69) is 67.3 Å². The Morgan fingerprint density at radius 1 is 0.709 bits per heavy atom. The van der Waals surface area contributed by atoms with Crippen LogP contribution < -0.4 is 4.74 Å². The van der Waals surface area contributed by atoms with Crippen LogP contribution in [-0.2, 0) is 25.7 Å². The minimum atomic E-state index is -2.17. The highest BCUT2D eigenvalue weighted by Gasteiger charge is 2.22. The number of ether oxygens (including phenoxy) is 1. The van der Waals surface area contributed by atoms with E-state index in [-0.39, 0.29) is 6.42 Å². The molecule has 1 aliphatic carbocycles. The second-order valence-electron chi connectivity index (χ2n) is 16.0. The summed E-state index contributed by atoms with van der Waals surface area (Å²) in [5.74, 6) is 0.919. The molecule has 0 saturated carbocycles. The van der Waals surface area contributed by atoms with Gasteiger partial charge in [0.1, 0.15) is 5.75 Å². The van der Waals surface area contributed by atoms with Crippen LogP contribution in [0.3, 0.4) is 0 Å². The molecule has 0 amide bonds. The van der Waals surface area contributed by atoms with Crippen molar-refractivity contribution < 1.29 is 13.5 Å². The van der Waals surface area contributed by atoms with Crippen molar-refractivity contribution in [1.82, 2.24) is 4.90 Å². The Hall–Kier alpha value is -2.86. The molecule has 0 radical (unpaired) electrons. The fourth-order valence-electron chi connectivity index (χ4n) is 7.95. The predicted molar refractivity (Wildman–Crippen MR) is 235 cm³/mol. The van der Waals surface area contributed by atoms with Gasteiger partial charge in [0.2, 0.25) is 6.43 Å². The molecule has 3 aromatic rings. The van der Waals surface area contributed by atoms with Crippen LogP contribution in [0, 0.1) is 0 Å². The highest BCUT2D eigenvalue weighted by molar-refractivity contribution is 7.80. The van der Waals surface area contributed by atoms with Gasteiger partial charge in [-0.2, -0.15) is 0 Å². The smallest absolute Gasteiger partial charge is 0.238 e. The molecule has 4 rings (SSSR count). The number of nitrogens with zero attached hydrogens (tertiary/aromatic N) is 2. The summed E-state index contributed by atoms with van der Waals surface area (Å²) < 4.78 is 31.4. The molecular formula is C49H72F2N2OS. The van der Waals surface area contributed by atoms with Gasteiger partial charge in [0.05, 0.1) is 18.6 Å². The Bertz CT molecular complexity index is 1560. The topological polar surface area (TPSA) is 24.8 Å². The molecule has 0 fully saturated rings. The molecule has 0 aliphatic heterocycles. The Balaban J connectivity index is 1.32. The summed E-state index contributed by atoms with van der Waals surface area (Å²) in [6, 6.07) is 18.2. The van der Waals surface area contributed by atoms with Gasteiger partial charge in [0, 0.05) is 24.9 Å². The summed E-state index contributed by atoms with van der Waals surface area (Å²) in [5.41, 5.74) is 10.9. The number of halogens is 2. The number of hydrogen-bond acceptors (Lipinski definition) is 3. The van der Waals surface area contributed by atoms with Gasteiger partial charge in [0.15, 0.2) is 0 Å². The molecule has 0 aromatic heterocycles. The highest BCUT2D eigenvalue weighted by atomic mass is 32.1. The van der Waals surface area contributed by atoms with E-state index in [1.807, 2.05) is 13.4 Å². The Labute approximate surface area is 339 Å². The average Bonchev–Trinajstić information content (AvgIpc) is 3.56. The summed E-state index contributed by atoms with van der Waals surface area (Å²) >= 11 is 4.82. The third-order valence-electron chi connectivity index (χ3n) is 11.4. The summed E-state index contributed by atoms with van der Waals surface area (Å²) in [6.07, 6.45) is 26.9. The molecule has 0 spiro atoms. The minimum Gasteiger partial charge on any atom is -0.493 e. The summed E-state index contributed by atoms with van der Waals surface area (Å²) in [5, 5.41) is 0. The third-order valence-corrected chi connectivity index (χ3v) is 11.8. The van der Waals surface area contributed by atoms with E-state index in [0.29, 0.717) is 13.0 Å². The molecule has 6 heteroatoms. The van der Waals surface area contributed by atoms with Crippen LogP contribution in [0.4, 0.5) is 14.5 Å². The maximum Gasteiger partial charge on any atom is 0.238 e. The average molecular weight is 775 g/mol. The van der Waals surface area contributed by atoms with Gasteiger partial charge in [-0.1, -0.05) is 140 Å². The fraction of sp³-hybridized carbons (Fsp3) is 0.612. The van der Waals surface area contributed by atoms with Gasteiger partial charge in [-0.3, -0.25) is 0 Å². The molecule has 3 nitrogen and oxygen atoms in total. The van der Waals surface area contributed by atoms with E-state index < -0.39 is 6.43 Å². The highest BCUT2D eigenvalue weighted by Crippen LogP contribution is 2.40. The Morgan fingerprint density at radius 3 is 2.00 bits per heavy atom. The molecular weight excluding hydrogens is 703 g/mol. The number of rotatable bonds is 30. The van der Waals surface area contributed by atoms with Crippen LogP contribution in [0.2, 0.25) is 0 Å². The molecule has 0 bridgehead atoms. The second-order valence-corrected chi connectivity index (χ2v) is 16.5. The van der Waals surface area contributed by atoms with Gasteiger partial charge in [0.25, 0.3) is 0 Å². The predicted octanol–water partition coefficient (Wildman–Crippen LogP) is 15.0. The van der Waals surface area contributed by atoms with E-state index >= 15 is 0 Å². The molecule has 0 N–H and O–H groups in total. The summed E-state index contributed by atoms with van der Waals surface area (Å²) in [7, 11) is 2.02. The van der Waals surface area contributed by atoms with Crippen LogP contribution in [0.25, 0.3) is 11.1 Å². The Kier molecular flexibility index (Phi) is 21.3. The number of benzene rings is 3. The van der Waals surface area contributed by atoms with Crippen molar-refractivity contribution >= 4 is 24.7 Å². The molecule has 0 saturated heterocycles. The summed E-state index contributed by atoms with van der Waals surface area (Å²) in [6.45, 7) is 5.95. The zero-order valence-corrected chi connectivity index (χ0v) is 35.6. The number of hydrogen-bond donors (Lipinski definition) is 1. The first kappa shape index (κ1) is 44.8. The number of unbranched alkanes of at least 4 members (excludes halogenated alkanes) is 16. The molecule has 3 aromatic carbocycles. The fourth-order valence-corrected chi connectivity index (χ4v) is 8.19. The van der Waals surface area contributed by atoms with Crippen molar-refractivity contribution in [2.75, 3.05) is 20.2 Å². The maximum atomic E-state index is 12.4. The van der Waals surface area contributed by atoms with E-state index in [0.717, 1.165) is 93.5 Å². The largest absolute Gasteiger partial charge is 0.493 e. The first-order valence-electron chi connectivity index (χ1n) is 22.1. The van der Waals surface area contributed by atoms with Crippen LogP contribution >= 0.6 is 12.6 Å². The van der Waals surface area contributed by atoms with Crippen LogP contribution in [0.5, 0.6) is 5.75 Å². The quantitative estimate of drug-likeness (QED) is 0.0247. The molecule has 304 valence electrons. The SMILES string of the molecule is CCCCCCCCCCCCCc1cc(CCCOc2cc(S)c(N=CN(C)CC)cc2CCCCCCCCCC(F)F)c2c(c1)-c1ccccc1C2. The van der Waals surface area contributed by atoms with Crippen molar-refractivity contribution in [1.29, 1.82) is 0 Å². The van der Waals surface area contributed by atoms with Gasteiger partial charge in [-0.15, -0.1) is 12.6 Å². The van der Waals surface area contributed by atoms with Crippen LogP contribution in [-0.4, -0.2) is 37.9 Å². The summed E-state index contributed by atoms with van der Waals surface area (Å²) in [4.78, 5) is 7.63. The standard InChI is InChI=1S/C49H72F2N2OS/c1-4-6-7-8-9-10-11-12-14-17-20-26-39-33-40(44-35-41-27-23-24-30-43(41)45(44)34-39)29-25-32-54-47-37-48(55)46(52-38-53(3)5-2)36-42(47)28-21-18-15-13-16-19-22-31-49(50)51/h23-24,27,30,33-34,36-38,49,55H,4-22,25-26,28-29,31-32,35H2,1-3H3. The lowest BCUT2D eigenvalue weighted by Crippen LogP contribution is -2.14. The van der Waals surface area contributed by atoms with Crippen molar-refractivity contribution in [3.8, 4) is 16.9 Å². The van der Waals surface area contributed by atoms with Crippen molar-refractivity contribution in [3.05, 3.63) is 76.3 Å². The maximum absolute atomic E-state index is 12.4. The Morgan fingerprint density at radius 2 is 1.33 bits per heavy atom. The van der Waals surface area contributed by atoms with Crippen molar-refractivity contribution in [3.63, 3.8) is 0 Å². The monoisotopic (exact) mass is 775 g/mol. The molecule has 0 heterocycles. The molecule has 55 heavy (non-hydrogen) atoms. The number of fused-ring (bicyclic) bond motifs is 3. The zero-order valence-electron chi connectivity index (χ0n) is 34.7. The van der Waals surface area contributed by atoms with Crippen molar-refractivity contribution in [2.24, 2.45) is 4.99 Å². The second kappa shape index (κ2) is 26.1. The number of aryl methyl sites for hydroxylation is 3. The van der Waals surface area contributed by atoms with Crippen LogP contribution in [0.15, 0.2) is 58.4 Å². The van der Waals surface area contributed by atoms with E-state index in [1.54, 1.807) is 0 Å². The lowest BCUT2D eigenvalue weighted by molar-refractivity contribution is 0.133. The number of alkyl halides is 2. The lowest BCUT2D eigenvalue weighted by Gasteiger charge is -2.16. The van der Waals surface area contributed by atoms with E-state index in [9.17, 15) is 8.78 Å². The third kappa shape index (κ3) is 16.3. The number of thiol groups is 1. The van der Waals surface area contributed by atoms with E-state index in [4.69, 9.17) is 22.4 Å². The van der Waals surface area contributed by atoms with Gasteiger partial charge >= 0.3 is 0 Å². The lowest BCUT2D eigenvalue weighted by atomic mass is 9.93. The minimum absolute atomic E-state index is 0.0328. The number of aliphatic imine (C=N–C) groups is 1. The van der Waals surface area contributed by atoms with E-state index in [1.165, 1.54) is 110 Å². The zero-order chi connectivity index (χ0) is 39.1. The molecule has 0 unspecified atom stereocenters. The normalized spacial score (nSPS) is 12.2. The van der Waals surface area contributed by atoms with Gasteiger partial charge in [-0.05, 0) is 109 Å². The first-order valence-corrected chi connectivity index (χ1v) is 22.6. The molecule has 0 atom stereocenters. The van der Waals surface area contributed by atoms with Crippen molar-refractivity contribution in [2.45, 2.75) is 179 Å². The van der Waals surface area contributed by atoms with Gasteiger partial charge < -0.3 is 9.64 Å². The van der Waals surface area contributed by atoms with Crippen LogP contribution in [0.1, 0.15) is 170 Å².